The Morgan fingerprint density at radius 2 is 1.38 bits per heavy atom. The highest BCUT2D eigenvalue weighted by molar-refractivity contribution is 5.99. The maximum atomic E-state index is 14.0. The largest absolute Gasteiger partial charge is 0.329 e. The molecule has 6 heteroatoms. The number of urea groups is 2. The second-order valence-corrected chi connectivity index (χ2v) is 9.82. The summed E-state index contributed by atoms with van der Waals surface area (Å²) < 4.78 is 0. The molecule has 0 spiro atoms. The van der Waals surface area contributed by atoms with Gasteiger partial charge in [-0.2, -0.15) is 0 Å². The number of nitrogens with zero attached hydrogens (tertiary/aromatic N) is 4. The molecule has 0 aliphatic carbocycles. The highest BCUT2D eigenvalue weighted by Crippen LogP contribution is 2.33. The molecular formula is C31H32N4O2. The number of hydrogen-bond donors (Lipinski definition) is 0. The molecule has 0 saturated carbocycles. The number of likely N-dealkylation sites (tertiary alicyclic amines) is 1. The molecule has 2 atom stereocenters. The summed E-state index contributed by atoms with van der Waals surface area (Å²) in [4.78, 5) is 35.1. The Morgan fingerprint density at radius 3 is 1.89 bits per heavy atom. The number of piperidine rings is 1. The van der Waals surface area contributed by atoms with E-state index in [9.17, 15) is 9.59 Å². The summed E-state index contributed by atoms with van der Waals surface area (Å²) in [7, 11) is 1.84. The van der Waals surface area contributed by atoms with Gasteiger partial charge in [0.15, 0.2) is 0 Å². The van der Waals surface area contributed by atoms with Crippen molar-refractivity contribution in [2.24, 2.45) is 0 Å². The van der Waals surface area contributed by atoms with E-state index in [-0.39, 0.29) is 24.1 Å². The molecule has 188 valence electrons. The first kappa shape index (κ1) is 24.5. The number of carbonyl (C=O) groups excluding carboxylic acids is 2. The van der Waals surface area contributed by atoms with Crippen molar-refractivity contribution in [2.45, 2.75) is 37.9 Å². The zero-order chi connectivity index (χ0) is 25.8. The molecule has 0 radical (unpaired) electrons. The Balaban J connectivity index is 1.33. The van der Waals surface area contributed by atoms with Crippen LogP contribution in [0.1, 0.15) is 30.4 Å². The van der Waals surface area contributed by atoms with Gasteiger partial charge in [0.05, 0.1) is 23.5 Å². The lowest BCUT2D eigenvalue weighted by atomic mass is 9.91. The highest BCUT2D eigenvalue weighted by atomic mass is 16.2. The number of rotatable bonds is 4. The number of amides is 4. The van der Waals surface area contributed by atoms with Crippen molar-refractivity contribution < 1.29 is 9.59 Å². The van der Waals surface area contributed by atoms with Gasteiger partial charge >= 0.3 is 12.1 Å². The van der Waals surface area contributed by atoms with E-state index in [4.69, 9.17) is 6.42 Å². The van der Waals surface area contributed by atoms with Gasteiger partial charge in [0.2, 0.25) is 0 Å². The standard InChI is InChI=1S/C31H32N4O2/c1-3-24-17-19-25(20-18-24)21-32(2)30(36)35-28-15-10-16-29(35)23-33(22-28)31(37)34(26-11-6-4-7-12-26)27-13-8-5-9-14-27/h1,4-9,11-14,17-20,28-29H,10,15-16,21-23H2,2H3/t28-,29+. The number of benzene rings is 3. The smallest absolute Gasteiger partial charge is 0.323 e. The topological polar surface area (TPSA) is 47.1 Å². The minimum atomic E-state index is -0.0524. The van der Waals surface area contributed by atoms with Crippen LogP contribution in [0.4, 0.5) is 21.0 Å². The Hall–Kier alpha value is -4.24. The van der Waals surface area contributed by atoms with Crippen LogP contribution in [0.15, 0.2) is 84.9 Å². The maximum absolute atomic E-state index is 14.0. The van der Waals surface area contributed by atoms with Crippen molar-refractivity contribution in [3.8, 4) is 12.3 Å². The van der Waals surface area contributed by atoms with Gasteiger partial charge in [-0.25, -0.2) is 9.59 Å². The predicted molar refractivity (Wildman–Crippen MR) is 146 cm³/mol. The third-order valence-corrected chi connectivity index (χ3v) is 7.30. The van der Waals surface area contributed by atoms with Gasteiger partial charge in [-0.05, 0) is 61.2 Å². The van der Waals surface area contributed by atoms with E-state index in [0.717, 1.165) is 41.8 Å². The van der Waals surface area contributed by atoms with Gasteiger partial charge in [0, 0.05) is 32.2 Å². The maximum Gasteiger partial charge on any atom is 0.329 e. The molecule has 0 N–H and O–H groups in total. The van der Waals surface area contributed by atoms with E-state index in [2.05, 4.69) is 5.92 Å². The van der Waals surface area contributed by atoms with Crippen LogP contribution in [-0.4, -0.2) is 59.0 Å². The van der Waals surface area contributed by atoms with E-state index in [1.807, 2.05) is 102 Å². The van der Waals surface area contributed by atoms with Crippen molar-refractivity contribution in [1.29, 1.82) is 0 Å². The molecule has 2 aliphatic heterocycles. The van der Waals surface area contributed by atoms with Gasteiger partial charge in [-0.15, -0.1) is 6.42 Å². The van der Waals surface area contributed by atoms with Crippen LogP contribution < -0.4 is 4.90 Å². The molecular weight excluding hydrogens is 460 g/mol. The molecule has 2 fully saturated rings. The molecule has 0 unspecified atom stereocenters. The summed E-state index contributed by atoms with van der Waals surface area (Å²) in [5, 5.41) is 0. The van der Waals surface area contributed by atoms with Crippen molar-refractivity contribution in [1.82, 2.24) is 14.7 Å². The first-order chi connectivity index (χ1) is 18.0. The van der Waals surface area contributed by atoms with Crippen molar-refractivity contribution in [3.05, 3.63) is 96.1 Å². The van der Waals surface area contributed by atoms with Gasteiger partial charge in [-0.3, -0.25) is 4.90 Å². The first-order valence-corrected chi connectivity index (χ1v) is 12.8. The monoisotopic (exact) mass is 492 g/mol. The summed E-state index contributed by atoms with van der Waals surface area (Å²) in [6, 6.07) is 27.2. The van der Waals surface area contributed by atoms with Crippen molar-refractivity contribution in [2.75, 3.05) is 25.0 Å². The lowest BCUT2D eigenvalue weighted by molar-refractivity contribution is 0.0237. The van der Waals surface area contributed by atoms with E-state index in [1.165, 1.54) is 0 Å². The van der Waals surface area contributed by atoms with Crippen LogP contribution in [-0.2, 0) is 6.54 Å². The summed E-state index contributed by atoms with van der Waals surface area (Å²) in [5.41, 5.74) is 3.53. The predicted octanol–water partition coefficient (Wildman–Crippen LogP) is 5.72. The zero-order valence-corrected chi connectivity index (χ0v) is 21.2. The van der Waals surface area contributed by atoms with Crippen LogP contribution in [0.25, 0.3) is 0 Å². The Morgan fingerprint density at radius 1 is 0.838 bits per heavy atom. The van der Waals surface area contributed by atoms with E-state index in [0.29, 0.717) is 19.6 Å². The number of anilines is 2. The fourth-order valence-electron chi connectivity index (χ4n) is 5.49. The van der Waals surface area contributed by atoms with Crippen molar-refractivity contribution in [3.63, 3.8) is 0 Å². The fourth-order valence-corrected chi connectivity index (χ4v) is 5.49. The van der Waals surface area contributed by atoms with Gasteiger partial charge < -0.3 is 14.7 Å². The second kappa shape index (κ2) is 10.8. The SMILES string of the molecule is C#Cc1ccc(CN(C)C(=O)N2[C@@H]3CCC[C@H]2CN(C(=O)N(c2ccccc2)c2ccccc2)C3)cc1. The van der Waals surface area contributed by atoms with E-state index in [1.54, 1.807) is 9.80 Å². The average Bonchev–Trinajstić information content (AvgIpc) is 2.93. The lowest BCUT2D eigenvalue weighted by Crippen LogP contribution is -2.66. The number of para-hydroxylation sites is 2. The summed E-state index contributed by atoms with van der Waals surface area (Å²) in [6.07, 6.45) is 8.33. The average molecular weight is 493 g/mol. The number of carbonyl (C=O) groups is 2. The summed E-state index contributed by atoms with van der Waals surface area (Å²) in [5.74, 6) is 2.63. The number of piperazine rings is 1. The van der Waals surface area contributed by atoms with Gasteiger partial charge in [0.1, 0.15) is 0 Å². The van der Waals surface area contributed by atoms with Gasteiger partial charge in [0.25, 0.3) is 0 Å². The van der Waals surface area contributed by atoms with Crippen LogP contribution in [0, 0.1) is 12.3 Å². The minimum Gasteiger partial charge on any atom is -0.323 e. The molecule has 37 heavy (non-hydrogen) atoms. The van der Waals surface area contributed by atoms with Crippen LogP contribution >= 0.6 is 0 Å². The summed E-state index contributed by atoms with van der Waals surface area (Å²) in [6.45, 7) is 1.57. The van der Waals surface area contributed by atoms with Crippen LogP contribution in [0.2, 0.25) is 0 Å². The van der Waals surface area contributed by atoms with E-state index < -0.39 is 0 Å². The second-order valence-electron chi connectivity index (χ2n) is 9.82. The Bertz CT molecular complexity index is 1220. The minimum absolute atomic E-state index is 0.00335. The Kier molecular flexibility index (Phi) is 7.14. The van der Waals surface area contributed by atoms with Crippen LogP contribution in [0.5, 0.6) is 0 Å². The number of hydrogen-bond acceptors (Lipinski definition) is 2. The fraction of sp³-hybridized carbons (Fsp3) is 0.290. The van der Waals surface area contributed by atoms with Crippen molar-refractivity contribution >= 4 is 23.4 Å². The number of fused-ring (bicyclic) bond motifs is 2. The molecule has 6 nitrogen and oxygen atoms in total. The molecule has 2 saturated heterocycles. The zero-order valence-electron chi connectivity index (χ0n) is 21.2. The summed E-state index contributed by atoms with van der Waals surface area (Å²) >= 11 is 0. The molecule has 0 aromatic heterocycles. The Labute approximate surface area is 219 Å². The molecule has 5 rings (SSSR count). The third-order valence-electron chi connectivity index (χ3n) is 7.30. The highest BCUT2D eigenvalue weighted by Gasteiger charge is 2.43. The lowest BCUT2D eigenvalue weighted by Gasteiger charge is -2.51. The molecule has 3 aromatic rings. The molecule has 4 amide bonds. The normalized spacial score (nSPS) is 18.6. The van der Waals surface area contributed by atoms with Gasteiger partial charge in [-0.1, -0.05) is 54.5 Å². The molecule has 2 bridgehead atoms. The molecule has 3 aromatic carbocycles. The van der Waals surface area contributed by atoms with E-state index >= 15 is 0 Å². The quantitative estimate of drug-likeness (QED) is 0.438. The molecule has 2 aliphatic rings. The first-order valence-electron chi connectivity index (χ1n) is 12.8. The number of terminal acetylenes is 1. The third kappa shape index (κ3) is 5.17. The molecule has 2 heterocycles. The van der Waals surface area contributed by atoms with Crippen LogP contribution in [0.3, 0.4) is 0 Å².